The van der Waals surface area contributed by atoms with Gasteiger partial charge in [0, 0.05) is 13.0 Å². The van der Waals surface area contributed by atoms with Crippen molar-refractivity contribution in [3.8, 4) is 5.75 Å². The highest BCUT2D eigenvalue weighted by molar-refractivity contribution is 6.01. The standard InChI is InChI=1S/C23H27FN4O4/c1-13-26-18(19-11-21(32-28-19)15-4-6-16(29)7-5-15)10-20(27-13)23(30)25-12-14-3-8-17(24)22(9-14)31-2/h3,8-10,15-16,21,29H,4-7,11-12H2,1-2H3,(H,25,30). The van der Waals surface area contributed by atoms with Gasteiger partial charge in [0.25, 0.3) is 5.91 Å². The summed E-state index contributed by atoms with van der Waals surface area (Å²) in [5.41, 5.74) is 2.21. The Hall–Kier alpha value is -3.07. The molecule has 0 radical (unpaired) electrons. The predicted molar refractivity (Wildman–Crippen MR) is 115 cm³/mol. The number of amides is 1. The van der Waals surface area contributed by atoms with Gasteiger partial charge in [-0.3, -0.25) is 4.79 Å². The van der Waals surface area contributed by atoms with Gasteiger partial charge in [-0.1, -0.05) is 11.2 Å². The fourth-order valence-corrected chi connectivity index (χ4v) is 4.19. The van der Waals surface area contributed by atoms with Gasteiger partial charge in [-0.05, 0) is 62.3 Å². The Morgan fingerprint density at radius 2 is 2.03 bits per heavy atom. The molecule has 1 saturated carbocycles. The first-order chi connectivity index (χ1) is 15.4. The van der Waals surface area contributed by atoms with E-state index in [-0.39, 0.29) is 36.1 Å². The second kappa shape index (κ2) is 9.60. The van der Waals surface area contributed by atoms with Crippen LogP contribution in [0.5, 0.6) is 5.75 Å². The lowest BCUT2D eigenvalue weighted by atomic mass is 9.82. The van der Waals surface area contributed by atoms with E-state index in [4.69, 9.17) is 9.57 Å². The minimum atomic E-state index is -0.457. The van der Waals surface area contributed by atoms with E-state index in [2.05, 4.69) is 20.4 Å². The molecule has 1 atom stereocenters. The van der Waals surface area contributed by atoms with Crippen molar-refractivity contribution in [2.45, 2.75) is 57.8 Å². The van der Waals surface area contributed by atoms with Crippen LogP contribution in [-0.4, -0.2) is 46.0 Å². The number of aryl methyl sites for hydroxylation is 1. The molecule has 8 nitrogen and oxygen atoms in total. The molecule has 1 fully saturated rings. The quantitative estimate of drug-likeness (QED) is 0.713. The Bertz CT molecular complexity index is 1020. The van der Waals surface area contributed by atoms with Crippen LogP contribution in [0.2, 0.25) is 0 Å². The van der Waals surface area contributed by atoms with Crippen molar-refractivity contribution in [2.24, 2.45) is 11.1 Å². The molecule has 1 aliphatic heterocycles. The molecule has 2 N–H and O–H groups in total. The van der Waals surface area contributed by atoms with Gasteiger partial charge in [-0.15, -0.1) is 0 Å². The Morgan fingerprint density at radius 1 is 1.25 bits per heavy atom. The summed E-state index contributed by atoms with van der Waals surface area (Å²) >= 11 is 0. The highest BCUT2D eigenvalue weighted by atomic mass is 19.1. The zero-order valence-corrected chi connectivity index (χ0v) is 18.2. The van der Waals surface area contributed by atoms with Crippen molar-refractivity contribution < 1.29 is 23.9 Å². The maximum atomic E-state index is 13.6. The van der Waals surface area contributed by atoms with Gasteiger partial charge in [0.1, 0.15) is 23.3 Å². The van der Waals surface area contributed by atoms with Gasteiger partial charge in [-0.25, -0.2) is 14.4 Å². The Morgan fingerprint density at radius 3 is 2.78 bits per heavy atom. The number of aliphatic hydroxyl groups excluding tert-OH is 1. The van der Waals surface area contributed by atoms with Gasteiger partial charge in [-0.2, -0.15) is 0 Å². The number of aromatic nitrogens is 2. The molecule has 0 bridgehead atoms. The number of halogens is 1. The molecule has 170 valence electrons. The molecule has 1 amide bonds. The SMILES string of the molecule is COc1cc(CNC(=O)c2cc(C3=NOC(C4CCC(O)CC4)C3)nc(C)n2)ccc1F. The van der Waals surface area contributed by atoms with Crippen LogP contribution in [0.15, 0.2) is 29.4 Å². The number of aliphatic hydroxyl groups is 1. The lowest BCUT2D eigenvalue weighted by Gasteiger charge is -2.28. The number of carbonyl (C=O) groups excluding carboxylic acids is 1. The Kier molecular flexibility index (Phi) is 6.64. The number of benzene rings is 1. The molecule has 2 aliphatic rings. The summed E-state index contributed by atoms with van der Waals surface area (Å²) in [6.07, 6.45) is 3.78. The number of hydrogen-bond donors (Lipinski definition) is 2. The topological polar surface area (TPSA) is 106 Å². The molecule has 1 unspecified atom stereocenters. The third-order valence-electron chi connectivity index (χ3n) is 5.99. The highest BCUT2D eigenvalue weighted by Gasteiger charge is 2.33. The average molecular weight is 442 g/mol. The molecule has 1 aromatic carbocycles. The number of methoxy groups -OCH3 is 1. The first-order valence-corrected chi connectivity index (χ1v) is 10.8. The van der Waals surface area contributed by atoms with Crippen LogP contribution in [0.1, 0.15) is 59.7 Å². The first-order valence-electron chi connectivity index (χ1n) is 10.8. The summed E-state index contributed by atoms with van der Waals surface area (Å²) in [5, 5.41) is 16.7. The molecule has 0 spiro atoms. The summed E-state index contributed by atoms with van der Waals surface area (Å²) in [6, 6.07) is 6.04. The molecule has 1 aliphatic carbocycles. The van der Waals surface area contributed by atoms with Crippen LogP contribution < -0.4 is 10.1 Å². The van der Waals surface area contributed by atoms with Crippen LogP contribution in [-0.2, 0) is 11.4 Å². The third kappa shape index (κ3) is 5.04. The summed E-state index contributed by atoms with van der Waals surface area (Å²) < 4.78 is 18.5. The molecule has 2 aromatic rings. The molecule has 2 heterocycles. The van der Waals surface area contributed by atoms with Crippen LogP contribution >= 0.6 is 0 Å². The van der Waals surface area contributed by atoms with E-state index >= 15 is 0 Å². The number of hydrogen-bond acceptors (Lipinski definition) is 7. The van der Waals surface area contributed by atoms with Crippen LogP contribution in [0.25, 0.3) is 0 Å². The van der Waals surface area contributed by atoms with E-state index in [0.29, 0.717) is 35.1 Å². The van der Waals surface area contributed by atoms with Crippen LogP contribution in [0.3, 0.4) is 0 Å². The molecule has 0 saturated heterocycles. The van der Waals surface area contributed by atoms with Gasteiger partial charge < -0.3 is 20.0 Å². The molecule has 32 heavy (non-hydrogen) atoms. The lowest BCUT2D eigenvalue weighted by molar-refractivity contribution is 0.00615. The fraction of sp³-hybridized carbons (Fsp3) is 0.478. The predicted octanol–water partition coefficient (Wildman–Crippen LogP) is 2.91. The van der Waals surface area contributed by atoms with Crippen molar-refractivity contribution in [3.05, 3.63) is 52.9 Å². The highest BCUT2D eigenvalue weighted by Crippen LogP contribution is 2.33. The van der Waals surface area contributed by atoms with Crippen molar-refractivity contribution in [3.63, 3.8) is 0 Å². The number of nitrogens with zero attached hydrogens (tertiary/aromatic N) is 3. The van der Waals surface area contributed by atoms with Crippen LogP contribution in [0.4, 0.5) is 4.39 Å². The lowest BCUT2D eigenvalue weighted by Crippen LogP contribution is -2.28. The molecule has 9 heteroatoms. The minimum Gasteiger partial charge on any atom is -0.494 e. The molecule has 1 aromatic heterocycles. The Balaban J connectivity index is 1.41. The van der Waals surface area contributed by atoms with E-state index in [1.54, 1.807) is 25.1 Å². The summed E-state index contributed by atoms with van der Waals surface area (Å²) in [6.45, 7) is 1.93. The van der Waals surface area contributed by atoms with E-state index < -0.39 is 5.82 Å². The zero-order chi connectivity index (χ0) is 22.7. The summed E-state index contributed by atoms with van der Waals surface area (Å²) in [5.74, 6) is 0.123. The smallest absolute Gasteiger partial charge is 0.270 e. The molecular formula is C23H27FN4O4. The maximum absolute atomic E-state index is 13.6. The second-order valence-electron chi connectivity index (χ2n) is 8.29. The van der Waals surface area contributed by atoms with Gasteiger partial charge in [0.15, 0.2) is 11.6 Å². The third-order valence-corrected chi connectivity index (χ3v) is 5.99. The first kappa shape index (κ1) is 22.1. The van der Waals surface area contributed by atoms with Gasteiger partial charge >= 0.3 is 0 Å². The summed E-state index contributed by atoms with van der Waals surface area (Å²) in [7, 11) is 1.39. The minimum absolute atomic E-state index is 0.0292. The van der Waals surface area contributed by atoms with Gasteiger partial charge in [0.2, 0.25) is 0 Å². The fourth-order valence-electron chi connectivity index (χ4n) is 4.19. The number of oxime groups is 1. The number of nitrogens with one attached hydrogen (secondary N) is 1. The zero-order valence-electron chi connectivity index (χ0n) is 18.2. The van der Waals surface area contributed by atoms with E-state index in [9.17, 15) is 14.3 Å². The van der Waals surface area contributed by atoms with E-state index in [1.807, 2.05) is 0 Å². The number of carbonyl (C=O) groups is 1. The number of ether oxygens (including phenoxy) is 1. The van der Waals surface area contributed by atoms with E-state index in [0.717, 1.165) is 25.7 Å². The average Bonchev–Trinajstić information content (AvgIpc) is 3.29. The van der Waals surface area contributed by atoms with Gasteiger partial charge in [0.05, 0.1) is 18.9 Å². The molecular weight excluding hydrogens is 415 g/mol. The van der Waals surface area contributed by atoms with Crippen molar-refractivity contribution in [1.29, 1.82) is 0 Å². The summed E-state index contributed by atoms with van der Waals surface area (Å²) in [4.78, 5) is 27.1. The van der Waals surface area contributed by atoms with Crippen molar-refractivity contribution >= 4 is 11.6 Å². The van der Waals surface area contributed by atoms with Crippen LogP contribution in [0, 0.1) is 18.7 Å². The number of rotatable bonds is 6. The normalized spacial score (nSPS) is 22.8. The Labute approximate surface area is 185 Å². The maximum Gasteiger partial charge on any atom is 0.270 e. The largest absolute Gasteiger partial charge is 0.494 e. The second-order valence-corrected chi connectivity index (χ2v) is 8.29. The monoisotopic (exact) mass is 442 g/mol. The van der Waals surface area contributed by atoms with Crippen molar-refractivity contribution in [1.82, 2.24) is 15.3 Å². The van der Waals surface area contributed by atoms with E-state index in [1.165, 1.54) is 13.2 Å². The molecule has 4 rings (SSSR count). The van der Waals surface area contributed by atoms with Crippen molar-refractivity contribution in [2.75, 3.05) is 7.11 Å².